The molecule has 1 aromatic carbocycles. The Hall–Kier alpha value is -0.0187. The molecule has 0 aliphatic rings. The van der Waals surface area contributed by atoms with Gasteiger partial charge in [-0.2, -0.15) is 0 Å². The van der Waals surface area contributed by atoms with Crippen LogP contribution in [0.3, 0.4) is 0 Å². The van der Waals surface area contributed by atoms with Crippen molar-refractivity contribution >= 4 is 18.7 Å². The molecule has 1 aromatic rings. The van der Waals surface area contributed by atoms with Gasteiger partial charge in [0.15, 0.2) is 11.5 Å². The van der Waals surface area contributed by atoms with Crippen LogP contribution in [0.4, 0.5) is 12.9 Å². The van der Waals surface area contributed by atoms with Gasteiger partial charge in [0.05, 0.1) is 7.11 Å². The number of hydrogen-bond acceptors (Lipinski definition) is 3. The van der Waals surface area contributed by atoms with Gasteiger partial charge in [-0.3, -0.25) is 4.79 Å². The normalized spacial score (nSPS) is 10.5. The molecular weight excluding hydrogens is 251 g/mol. The molecule has 82 valence electrons. The van der Waals surface area contributed by atoms with Gasteiger partial charge in [-0.25, -0.2) is 0 Å². The van der Waals surface area contributed by atoms with Gasteiger partial charge >= 0.3 is 58.4 Å². The minimum absolute atomic E-state index is 0. The Morgan fingerprint density at radius 2 is 1.94 bits per heavy atom. The first-order valence-corrected chi connectivity index (χ1v) is 3.96. The summed E-state index contributed by atoms with van der Waals surface area (Å²) in [6.45, 7) is -5.30. The number of methoxy groups -OCH3 is 1. The molecule has 0 unspecified atom stereocenters. The standard InChI is InChI=1S/C8H7BF3O3.K/c1-15-8-3-6(9(10,11)12)5(4-13)2-7(8)14;/h2-4,14H,1H3;/q-1;+1. The molecule has 0 amide bonds. The van der Waals surface area contributed by atoms with Gasteiger partial charge in [0.2, 0.25) is 0 Å². The van der Waals surface area contributed by atoms with Crippen LogP contribution >= 0.6 is 0 Å². The molecular formula is C8H7BF3KO3. The van der Waals surface area contributed by atoms with Crippen LogP contribution in [0.25, 0.3) is 0 Å². The zero-order chi connectivity index (χ0) is 11.6. The Morgan fingerprint density at radius 1 is 1.38 bits per heavy atom. The van der Waals surface area contributed by atoms with Crippen LogP contribution in [0.15, 0.2) is 12.1 Å². The van der Waals surface area contributed by atoms with Crippen LogP contribution in [-0.4, -0.2) is 25.5 Å². The van der Waals surface area contributed by atoms with Crippen LogP contribution in [0.2, 0.25) is 0 Å². The number of hydrogen-bond donors (Lipinski definition) is 1. The number of ether oxygens (including phenoxy) is 1. The Kier molecular flexibility index (Phi) is 6.05. The van der Waals surface area contributed by atoms with Crippen LogP contribution < -0.4 is 61.6 Å². The maximum atomic E-state index is 12.4. The molecule has 0 aromatic heterocycles. The summed E-state index contributed by atoms with van der Waals surface area (Å²) in [5, 5.41) is 9.17. The van der Waals surface area contributed by atoms with E-state index in [1.807, 2.05) is 0 Å². The van der Waals surface area contributed by atoms with Crippen LogP contribution in [0, 0.1) is 0 Å². The van der Waals surface area contributed by atoms with Gasteiger partial charge in [-0.1, -0.05) is 5.46 Å². The summed E-state index contributed by atoms with van der Waals surface area (Å²) in [6, 6.07) is 1.34. The molecule has 0 aliphatic carbocycles. The molecule has 1 rings (SSSR count). The molecule has 0 saturated heterocycles. The third kappa shape index (κ3) is 3.49. The number of carbonyl (C=O) groups is 1. The zero-order valence-corrected chi connectivity index (χ0v) is 11.8. The predicted molar refractivity (Wildman–Crippen MR) is 48.8 cm³/mol. The van der Waals surface area contributed by atoms with Crippen LogP contribution in [0.5, 0.6) is 11.5 Å². The molecule has 8 heteroatoms. The molecule has 0 fully saturated rings. The van der Waals surface area contributed by atoms with E-state index in [1.165, 1.54) is 0 Å². The molecule has 16 heavy (non-hydrogen) atoms. The third-order valence-corrected chi connectivity index (χ3v) is 1.86. The Bertz CT molecular complexity index is 395. The Morgan fingerprint density at radius 3 is 2.31 bits per heavy atom. The van der Waals surface area contributed by atoms with Crippen molar-refractivity contribution in [2.45, 2.75) is 0 Å². The van der Waals surface area contributed by atoms with E-state index in [1.54, 1.807) is 0 Å². The van der Waals surface area contributed by atoms with E-state index in [2.05, 4.69) is 4.74 Å². The van der Waals surface area contributed by atoms with E-state index in [-0.39, 0.29) is 63.4 Å². The number of aromatic hydroxyl groups is 1. The second-order valence-corrected chi connectivity index (χ2v) is 2.85. The fourth-order valence-electron chi connectivity index (χ4n) is 1.15. The van der Waals surface area contributed by atoms with Crippen molar-refractivity contribution in [1.82, 2.24) is 0 Å². The van der Waals surface area contributed by atoms with E-state index in [0.29, 0.717) is 6.07 Å². The number of carbonyl (C=O) groups excluding carboxylic acids is 1. The van der Waals surface area contributed by atoms with Gasteiger partial charge in [0, 0.05) is 0 Å². The Labute approximate surface area is 132 Å². The van der Waals surface area contributed by atoms with Gasteiger partial charge in [0.1, 0.15) is 6.29 Å². The summed E-state index contributed by atoms with van der Waals surface area (Å²) < 4.78 is 41.9. The second-order valence-electron chi connectivity index (χ2n) is 2.85. The van der Waals surface area contributed by atoms with E-state index in [9.17, 15) is 17.7 Å². The average Bonchev–Trinajstić information content (AvgIpc) is 2.15. The van der Waals surface area contributed by atoms with Gasteiger partial charge in [-0.15, -0.1) is 0 Å². The summed E-state index contributed by atoms with van der Waals surface area (Å²) in [7, 11) is 1.13. The molecule has 0 heterocycles. The van der Waals surface area contributed by atoms with Crippen molar-refractivity contribution in [3.8, 4) is 11.5 Å². The topological polar surface area (TPSA) is 46.5 Å². The van der Waals surface area contributed by atoms with Crippen molar-refractivity contribution in [3.63, 3.8) is 0 Å². The largest absolute Gasteiger partial charge is 1.00 e. The minimum atomic E-state index is -5.30. The van der Waals surface area contributed by atoms with Gasteiger partial charge in [-0.05, 0) is 17.7 Å². The number of rotatable bonds is 3. The van der Waals surface area contributed by atoms with Crippen LogP contribution in [0.1, 0.15) is 10.4 Å². The van der Waals surface area contributed by atoms with Crippen molar-refractivity contribution in [3.05, 3.63) is 17.7 Å². The molecule has 3 nitrogen and oxygen atoms in total. The average molecular weight is 258 g/mol. The second kappa shape index (κ2) is 6.06. The molecule has 0 radical (unpaired) electrons. The van der Waals surface area contributed by atoms with Gasteiger partial charge < -0.3 is 22.8 Å². The fraction of sp³-hybridized carbons (Fsp3) is 0.125. The molecule has 1 N–H and O–H groups in total. The molecule has 0 atom stereocenters. The summed E-state index contributed by atoms with van der Waals surface area (Å²) >= 11 is 0. The van der Waals surface area contributed by atoms with Crippen LogP contribution in [-0.2, 0) is 0 Å². The van der Waals surface area contributed by atoms with Crippen molar-refractivity contribution in [1.29, 1.82) is 0 Å². The maximum Gasteiger partial charge on any atom is 1.00 e. The number of benzene rings is 1. The quantitative estimate of drug-likeness (QED) is 0.518. The first kappa shape index (κ1) is 16.0. The number of halogens is 3. The first-order chi connectivity index (χ1) is 6.90. The van der Waals surface area contributed by atoms with Crippen molar-refractivity contribution in [2.24, 2.45) is 0 Å². The first-order valence-electron chi connectivity index (χ1n) is 3.96. The monoisotopic (exact) mass is 258 g/mol. The van der Waals surface area contributed by atoms with E-state index >= 15 is 0 Å². The van der Waals surface area contributed by atoms with Crippen molar-refractivity contribution < 1.29 is 79.0 Å². The van der Waals surface area contributed by atoms with Crippen molar-refractivity contribution in [2.75, 3.05) is 7.11 Å². The summed E-state index contributed by atoms with van der Waals surface area (Å²) in [6.07, 6.45) is 0.0454. The summed E-state index contributed by atoms with van der Waals surface area (Å²) in [5.74, 6) is -0.807. The third-order valence-electron chi connectivity index (χ3n) is 1.86. The molecule has 0 spiro atoms. The summed E-state index contributed by atoms with van der Waals surface area (Å²) in [4.78, 5) is 10.4. The smallest absolute Gasteiger partial charge is 0.504 e. The number of phenolic OH excluding ortho intramolecular Hbond substituents is 1. The SMILES string of the molecule is COc1cc([B-](F)(F)F)c(C=O)cc1O.[K+]. The molecule has 0 aliphatic heterocycles. The fourth-order valence-corrected chi connectivity index (χ4v) is 1.15. The summed E-state index contributed by atoms with van der Waals surface area (Å²) in [5.41, 5.74) is -1.67. The molecule has 0 saturated carbocycles. The Balaban J connectivity index is 0.00000225. The predicted octanol–water partition coefficient (Wildman–Crippen LogP) is -1.73. The van der Waals surface area contributed by atoms with E-state index < -0.39 is 23.8 Å². The molecule has 0 bridgehead atoms. The number of phenols is 1. The van der Waals surface area contributed by atoms with E-state index in [4.69, 9.17) is 5.11 Å². The number of aldehydes is 1. The van der Waals surface area contributed by atoms with Gasteiger partial charge in [0.25, 0.3) is 0 Å². The minimum Gasteiger partial charge on any atom is -0.504 e. The zero-order valence-electron chi connectivity index (χ0n) is 8.71. The van der Waals surface area contributed by atoms with E-state index in [0.717, 1.165) is 13.2 Å². The maximum absolute atomic E-state index is 12.4.